The van der Waals surface area contributed by atoms with Gasteiger partial charge in [0.1, 0.15) is 0 Å². The molecule has 5 nitrogen and oxygen atoms in total. The van der Waals surface area contributed by atoms with Crippen LogP contribution in [0.3, 0.4) is 0 Å². The van der Waals surface area contributed by atoms with Crippen molar-refractivity contribution in [2.24, 2.45) is 0 Å². The van der Waals surface area contributed by atoms with E-state index in [1.54, 1.807) is 6.07 Å². The molecule has 1 N–H and O–H groups in total. The van der Waals surface area contributed by atoms with E-state index in [4.69, 9.17) is 0 Å². The summed E-state index contributed by atoms with van der Waals surface area (Å²) in [6.07, 6.45) is 4.31. The molecule has 4 aliphatic heterocycles. The first-order valence-corrected chi connectivity index (χ1v) is 20.5. The molecule has 2 aromatic rings. The minimum atomic E-state index is -3.48. The summed E-state index contributed by atoms with van der Waals surface area (Å²) in [6.45, 7) is 3.68. The first-order valence-electron chi connectivity index (χ1n) is 10.9. The first kappa shape index (κ1) is 20.1. The zero-order valence-corrected chi connectivity index (χ0v) is 20.6. The molecule has 0 saturated carbocycles. The Morgan fingerprint density at radius 1 is 0.966 bits per heavy atom. The molecule has 0 radical (unpaired) electrons. The van der Waals surface area contributed by atoms with E-state index in [1.165, 1.54) is 52.2 Å². The van der Waals surface area contributed by atoms with Crippen LogP contribution in [0.5, 0.6) is 0 Å². The summed E-state index contributed by atoms with van der Waals surface area (Å²) in [5.41, 5.74) is 1.91. The molecule has 0 spiro atoms. The molecule has 156 valence electrons. The van der Waals surface area contributed by atoms with Crippen molar-refractivity contribution in [2.75, 3.05) is 35.1 Å². The molecule has 7 heteroatoms. The van der Waals surface area contributed by atoms with E-state index in [0.29, 0.717) is 11.3 Å². The molecule has 3 fully saturated rings. The van der Waals surface area contributed by atoms with Gasteiger partial charge in [0.05, 0.1) is 0 Å². The van der Waals surface area contributed by atoms with Gasteiger partial charge < -0.3 is 0 Å². The zero-order chi connectivity index (χ0) is 20.1. The van der Waals surface area contributed by atoms with Crippen LogP contribution in [0.2, 0.25) is 13.3 Å². The van der Waals surface area contributed by atoms with Gasteiger partial charge in [-0.05, 0) is 0 Å². The normalized spacial score (nSPS) is 28.3. The van der Waals surface area contributed by atoms with Gasteiger partial charge in [0.15, 0.2) is 0 Å². The molecule has 4 aliphatic rings. The van der Waals surface area contributed by atoms with E-state index in [9.17, 15) is 13.5 Å². The minimum absolute atomic E-state index is 0.0751. The van der Waals surface area contributed by atoms with E-state index in [-0.39, 0.29) is 6.61 Å². The third-order valence-electron chi connectivity index (χ3n) is 7.31. The van der Waals surface area contributed by atoms with E-state index in [2.05, 4.69) is 4.90 Å². The fourth-order valence-corrected chi connectivity index (χ4v) is 24.2. The summed E-state index contributed by atoms with van der Waals surface area (Å²) < 4.78 is 33.8. The second-order valence-corrected chi connectivity index (χ2v) is 24.6. The van der Waals surface area contributed by atoms with Crippen molar-refractivity contribution < 1.29 is 13.5 Å². The molecule has 3 saturated heterocycles. The van der Waals surface area contributed by atoms with Gasteiger partial charge in [0.25, 0.3) is 0 Å². The van der Waals surface area contributed by atoms with Gasteiger partial charge in [0, 0.05) is 0 Å². The van der Waals surface area contributed by atoms with Gasteiger partial charge in [-0.2, -0.15) is 0 Å². The predicted molar refractivity (Wildman–Crippen MR) is 120 cm³/mol. The van der Waals surface area contributed by atoms with E-state index >= 15 is 0 Å². The summed E-state index contributed by atoms with van der Waals surface area (Å²) in [5.74, 6) is 0. The van der Waals surface area contributed by atoms with Gasteiger partial charge in [-0.3, -0.25) is 0 Å². The molecule has 4 heterocycles. The summed E-state index contributed by atoms with van der Waals surface area (Å²) in [5, 5.41) is 11.3. The number of sulfonamides is 1. The number of rotatable bonds is 4. The SMILES string of the molecule is O=S1(=O)c2ccc(CCO)c3cccc(c23)N1[CH2][Sn]12[CH2]CCN(CC[CH2]1)CC[CH2]2. The first-order chi connectivity index (χ1) is 14.0. The number of aliphatic hydroxyl groups is 1. The quantitative estimate of drug-likeness (QED) is 0.628. The molecule has 2 aromatic carbocycles. The van der Waals surface area contributed by atoms with Crippen molar-refractivity contribution in [3.8, 4) is 0 Å². The summed E-state index contributed by atoms with van der Waals surface area (Å²) >= 11 is -2.59. The van der Waals surface area contributed by atoms with Crippen LogP contribution in [0.15, 0.2) is 35.2 Å². The Hall–Kier alpha value is -0.831. The van der Waals surface area contributed by atoms with Crippen molar-refractivity contribution in [1.29, 1.82) is 0 Å². The Labute approximate surface area is 177 Å². The van der Waals surface area contributed by atoms with Crippen molar-refractivity contribution >= 4 is 44.9 Å². The predicted octanol–water partition coefficient (Wildman–Crippen LogP) is 3.37. The molecular formula is C22H30N2O3SSn. The third kappa shape index (κ3) is 3.40. The zero-order valence-electron chi connectivity index (χ0n) is 16.9. The van der Waals surface area contributed by atoms with E-state index in [0.717, 1.165) is 26.6 Å². The van der Waals surface area contributed by atoms with Crippen LogP contribution in [-0.4, -0.2) is 67.6 Å². The van der Waals surface area contributed by atoms with E-state index in [1.807, 2.05) is 28.6 Å². The molecular weight excluding hydrogens is 491 g/mol. The average molecular weight is 521 g/mol. The van der Waals surface area contributed by atoms with E-state index < -0.39 is 28.4 Å². The Balaban J connectivity index is 1.58. The number of nitrogens with zero attached hydrogens (tertiary/aromatic N) is 2. The topological polar surface area (TPSA) is 60.9 Å². The number of fused-ring (bicyclic) bond motifs is 6. The number of aliphatic hydroxyl groups excluding tert-OH is 1. The summed E-state index contributed by atoms with van der Waals surface area (Å²) in [6, 6.07) is 9.65. The molecule has 0 aromatic heterocycles. The number of hydrogen-bond acceptors (Lipinski definition) is 4. The standard InChI is InChI=1S/C13H12NO3S.C9H18N.Sn/c1-14-11-4-2-3-10-9(7-8-15)5-6-12(13(10)11)18(14,16)17;1-4-7-10(8-5-2)9-6-3;/h2-6,15H,1,7-8H2;1-9H2;. The Morgan fingerprint density at radius 3 is 2.31 bits per heavy atom. The molecule has 29 heavy (non-hydrogen) atoms. The van der Waals surface area contributed by atoms with Crippen LogP contribution in [-0.2, 0) is 16.4 Å². The maximum absolute atomic E-state index is 13.6. The third-order valence-corrected chi connectivity index (χ3v) is 24.7. The van der Waals surface area contributed by atoms with Crippen LogP contribution in [0.4, 0.5) is 5.69 Å². The fraction of sp³-hybridized carbons (Fsp3) is 0.545. The van der Waals surface area contributed by atoms with Crippen molar-refractivity contribution in [1.82, 2.24) is 4.90 Å². The Bertz CT molecular complexity index is 1010. The molecule has 0 unspecified atom stereocenters. The molecule has 2 bridgehead atoms. The van der Waals surface area contributed by atoms with Crippen LogP contribution < -0.4 is 4.31 Å². The van der Waals surface area contributed by atoms with Gasteiger partial charge in [-0.25, -0.2) is 0 Å². The van der Waals surface area contributed by atoms with Gasteiger partial charge in [-0.15, -0.1) is 0 Å². The Kier molecular flexibility index (Phi) is 5.33. The van der Waals surface area contributed by atoms with Gasteiger partial charge in [0.2, 0.25) is 0 Å². The second kappa shape index (κ2) is 7.70. The Morgan fingerprint density at radius 2 is 1.66 bits per heavy atom. The number of anilines is 1. The summed E-state index contributed by atoms with van der Waals surface area (Å²) in [7, 11) is -3.48. The van der Waals surface area contributed by atoms with Crippen LogP contribution >= 0.6 is 0 Å². The van der Waals surface area contributed by atoms with Gasteiger partial charge >= 0.3 is 178 Å². The van der Waals surface area contributed by atoms with Gasteiger partial charge in [-0.1, -0.05) is 0 Å². The van der Waals surface area contributed by atoms with Crippen molar-refractivity contribution in [3.63, 3.8) is 0 Å². The summed E-state index contributed by atoms with van der Waals surface area (Å²) in [4.78, 5) is 3.08. The average Bonchev–Trinajstić information content (AvgIpc) is 2.87. The fourth-order valence-electron chi connectivity index (χ4n) is 5.88. The second-order valence-electron chi connectivity index (χ2n) is 9.06. The molecule has 0 amide bonds. The van der Waals surface area contributed by atoms with Crippen LogP contribution in [0.1, 0.15) is 24.8 Å². The number of benzene rings is 2. The molecule has 0 aliphatic carbocycles. The molecule has 0 atom stereocenters. The maximum atomic E-state index is 13.6. The monoisotopic (exact) mass is 522 g/mol. The van der Waals surface area contributed by atoms with Crippen molar-refractivity contribution in [3.05, 3.63) is 35.9 Å². The number of hydrogen-bond donors (Lipinski definition) is 1. The van der Waals surface area contributed by atoms with Crippen LogP contribution in [0, 0.1) is 0 Å². The van der Waals surface area contributed by atoms with Crippen molar-refractivity contribution in [2.45, 2.75) is 43.9 Å². The van der Waals surface area contributed by atoms with Crippen LogP contribution in [0.25, 0.3) is 10.8 Å². The molecule has 6 rings (SSSR count).